The summed E-state index contributed by atoms with van der Waals surface area (Å²) in [5.41, 5.74) is -0.359. The fraction of sp³-hybridized carbons (Fsp3) is 0.406. The third-order valence-electron chi connectivity index (χ3n) is 7.08. The molecule has 1 amide bonds. The van der Waals surface area contributed by atoms with Gasteiger partial charge in [-0.25, -0.2) is 14.2 Å². The summed E-state index contributed by atoms with van der Waals surface area (Å²) in [6.07, 6.45) is 1.63. The van der Waals surface area contributed by atoms with E-state index in [9.17, 15) is 23.6 Å². The van der Waals surface area contributed by atoms with Crippen LogP contribution >= 0.6 is 0 Å². The summed E-state index contributed by atoms with van der Waals surface area (Å²) in [6, 6.07) is 11.2. The Morgan fingerprint density at radius 2 is 1.73 bits per heavy atom. The molecule has 4 rings (SSSR count). The number of imidazole rings is 1. The van der Waals surface area contributed by atoms with E-state index < -0.39 is 28.5 Å². The van der Waals surface area contributed by atoms with E-state index in [0.717, 1.165) is 16.6 Å². The molecule has 11 nitrogen and oxygen atoms in total. The number of fused-ring (bicyclic) bond motifs is 1. The first-order chi connectivity index (χ1) is 20.8. The predicted molar refractivity (Wildman–Crippen MR) is 164 cm³/mol. The summed E-state index contributed by atoms with van der Waals surface area (Å²) < 4.78 is 29.6. The SMILES string of the molecule is CCCCn1c(=O)n(Cc2cc(OC)ccc2F)c(=O)c2c1nc(Cc1ccc(NC(C)=O)cc1)n2COC(=O)C(C)(C)C. The van der Waals surface area contributed by atoms with Crippen LogP contribution in [-0.2, 0) is 40.6 Å². The number of aromatic nitrogens is 4. The number of hydrogen-bond donors (Lipinski definition) is 1. The number of aryl methyl sites for hydroxylation is 1. The largest absolute Gasteiger partial charge is 0.497 e. The lowest BCUT2D eigenvalue weighted by molar-refractivity contribution is -0.156. The molecule has 0 aliphatic heterocycles. The van der Waals surface area contributed by atoms with Gasteiger partial charge in [0.15, 0.2) is 17.9 Å². The van der Waals surface area contributed by atoms with E-state index in [1.54, 1.807) is 32.9 Å². The number of benzene rings is 2. The third kappa shape index (κ3) is 7.07. The first kappa shape index (κ1) is 32.2. The molecule has 0 atom stereocenters. The van der Waals surface area contributed by atoms with Crippen molar-refractivity contribution >= 4 is 28.7 Å². The van der Waals surface area contributed by atoms with Gasteiger partial charge in [-0.2, -0.15) is 0 Å². The summed E-state index contributed by atoms with van der Waals surface area (Å²) in [5, 5.41) is 2.72. The number of carbonyl (C=O) groups is 2. The summed E-state index contributed by atoms with van der Waals surface area (Å²) in [7, 11) is 1.44. The first-order valence-electron chi connectivity index (χ1n) is 14.4. The van der Waals surface area contributed by atoms with Crippen LogP contribution in [0.3, 0.4) is 0 Å². The number of methoxy groups -OCH3 is 1. The van der Waals surface area contributed by atoms with Gasteiger partial charge in [0.25, 0.3) is 5.56 Å². The maximum absolute atomic E-state index is 14.8. The molecule has 0 aliphatic carbocycles. The van der Waals surface area contributed by atoms with Gasteiger partial charge < -0.3 is 14.8 Å². The lowest BCUT2D eigenvalue weighted by Crippen LogP contribution is -2.41. The van der Waals surface area contributed by atoms with Crippen molar-refractivity contribution in [1.29, 1.82) is 0 Å². The first-order valence-corrected chi connectivity index (χ1v) is 14.4. The average Bonchev–Trinajstić information content (AvgIpc) is 3.32. The maximum Gasteiger partial charge on any atom is 0.333 e. The number of nitrogens with one attached hydrogen (secondary N) is 1. The van der Waals surface area contributed by atoms with E-state index in [-0.39, 0.29) is 48.9 Å². The Hall–Kier alpha value is -4.74. The van der Waals surface area contributed by atoms with Crippen molar-refractivity contribution in [3.05, 3.63) is 86.1 Å². The zero-order valence-corrected chi connectivity index (χ0v) is 25.9. The highest BCUT2D eigenvalue weighted by Gasteiger charge is 2.26. The molecular weight excluding hydrogens is 569 g/mol. The lowest BCUT2D eigenvalue weighted by atomic mass is 9.98. The zero-order chi connectivity index (χ0) is 32.2. The van der Waals surface area contributed by atoms with Crippen LogP contribution in [0, 0.1) is 11.2 Å². The number of esters is 1. The van der Waals surface area contributed by atoms with E-state index in [1.807, 2.05) is 19.1 Å². The van der Waals surface area contributed by atoms with Crippen molar-refractivity contribution in [3.8, 4) is 5.75 Å². The molecular formula is C32H38FN5O6. The molecule has 0 spiro atoms. The van der Waals surface area contributed by atoms with Gasteiger partial charge in [-0.15, -0.1) is 0 Å². The van der Waals surface area contributed by atoms with Gasteiger partial charge in [0.2, 0.25) is 5.91 Å². The van der Waals surface area contributed by atoms with Crippen molar-refractivity contribution in [2.75, 3.05) is 12.4 Å². The van der Waals surface area contributed by atoms with Crippen molar-refractivity contribution < 1.29 is 23.5 Å². The van der Waals surface area contributed by atoms with E-state index in [4.69, 9.17) is 14.5 Å². The van der Waals surface area contributed by atoms with Crippen molar-refractivity contribution in [2.45, 2.75) is 73.7 Å². The van der Waals surface area contributed by atoms with Gasteiger partial charge in [-0.3, -0.25) is 28.1 Å². The number of ether oxygens (including phenoxy) is 2. The van der Waals surface area contributed by atoms with E-state index in [1.165, 1.54) is 41.4 Å². The normalized spacial score (nSPS) is 11.5. The molecule has 44 heavy (non-hydrogen) atoms. The number of anilines is 1. The Bertz CT molecular complexity index is 1800. The smallest absolute Gasteiger partial charge is 0.333 e. The number of halogens is 1. The number of rotatable bonds is 11. The molecule has 4 aromatic rings. The number of nitrogens with zero attached hydrogens (tertiary/aromatic N) is 4. The Balaban J connectivity index is 1.91. The highest BCUT2D eigenvalue weighted by Crippen LogP contribution is 2.21. The van der Waals surface area contributed by atoms with Crippen molar-refractivity contribution in [3.63, 3.8) is 0 Å². The highest BCUT2D eigenvalue weighted by molar-refractivity contribution is 5.88. The second kappa shape index (κ2) is 13.3. The highest BCUT2D eigenvalue weighted by atomic mass is 19.1. The minimum absolute atomic E-state index is 0.0654. The van der Waals surface area contributed by atoms with Crippen molar-refractivity contribution in [1.82, 2.24) is 18.7 Å². The fourth-order valence-electron chi connectivity index (χ4n) is 4.67. The second-order valence-corrected chi connectivity index (χ2v) is 11.6. The van der Waals surface area contributed by atoms with E-state index in [0.29, 0.717) is 23.7 Å². The Morgan fingerprint density at radius 3 is 2.34 bits per heavy atom. The maximum atomic E-state index is 14.8. The van der Waals surface area contributed by atoms with Crippen LogP contribution in [0.15, 0.2) is 52.1 Å². The molecule has 2 aromatic heterocycles. The van der Waals surface area contributed by atoms with Crippen LogP contribution in [0.2, 0.25) is 0 Å². The molecule has 234 valence electrons. The van der Waals surface area contributed by atoms with Crippen molar-refractivity contribution in [2.24, 2.45) is 5.41 Å². The minimum atomic E-state index is -0.802. The van der Waals surface area contributed by atoms with Gasteiger partial charge >= 0.3 is 11.7 Å². The molecule has 0 saturated carbocycles. The molecule has 0 bridgehead atoms. The second-order valence-electron chi connectivity index (χ2n) is 11.6. The fourth-order valence-corrected chi connectivity index (χ4v) is 4.67. The molecule has 2 aromatic carbocycles. The number of amides is 1. The molecule has 0 fully saturated rings. The summed E-state index contributed by atoms with van der Waals surface area (Å²) in [4.78, 5) is 56.8. The minimum Gasteiger partial charge on any atom is -0.497 e. The van der Waals surface area contributed by atoms with E-state index >= 15 is 0 Å². The molecule has 0 radical (unpaired) electrons. The third-order valence-corrected chi connectivity index (χ3v) is 7.08. The summed E-state index contributed by atoms with van der Waals surface area (Å²) in [5.74, 6) is -0.499. The summed E-state index contributed by atoms with van der Waals surface area (Å²) >= 11 is 0. The van der Waals surface area contributed by atoms with Crippen LogP contribution in [0.25, 0.3) is 11.2 Å². The van der Waals surface area contributed by atoms with Gasteiger partial charge in [0.05, 0.1) is 19.1 Å². The van der Waals surface area contributed by atoms with Gasteiger partial charge in [0, 0.05) is 31.1 Å². The Kier molecular flexibility index (Phi) is 9.71. The molecule has 12 heteroatoms. The number of carbonyl (C=O) groups excluding carboxylic acids is 2. The Labute approximate surface area is 254 Å². The molecule has 0 saturated heterocycles. The topological polar surface area (TPSA) is 126 Å². The number of hydrogen-bond acceptors (Lipinski definition) is 7. The van der Waals surface area contributed by atoms with Gasteiger partial charge in [0.1, 0.15) is 17.4 Å². The standard InChI is InChI=1S/C32H38FN5O6/c1-7-8-15-36-28-27(29(40)37(31(36)42)18-22-17-24(43-6)13-14-25(22)33)38(19-44-30(41)32(3,4)5)26(35-28)16-21-9-11-23(12-10-21)34-20(2)39/h9-14,17H,7-8,15-16,18-19H2,1-6H3,(H,34,39). The quantitative estimate of drug-likeness (QED) is 0.250. The Morgan fingerprint density at radius 1 is 1.02 bits per heavy atom. The lowest BCUT2D eigenvalue weighted by Gasteiger charge is -2.18. The number of unbranched alkanes of at least 4 members (excludes halogenated alkanes) is 1. The molecule has 1 N–H and O–H groups in total. The van der Waals surface area contributed by atoms with Crippen LogP contribution in [0.5, 0.6) is 5.75 Å². The predicted octanol–water partition coefficient (Wildman–Crippen LogP) is 4.45. The van der Waals surface area contributed by atoms with Gasteiger partial charge in [-0.05, 0) is 63.1 Å². The average molecular weight is 608 g/mol. The summed E-state index contributed by atoms with van der Waals surface area (Å²) in [6.45, 7) is 8.17. The van der Waals surface area contributed by atoms with Crippen LogP contribution in [0.4, 0.5) is 10.1 Å². The molecule has 0 aliphatic rings. The van der Waals surface area contributed by atoms with Crippen LogP contribution in [0.1, 0.15) is 64.4 Å². The van der Waals surface area contributed by atoms with Crippen LogP contribution < -0.4 is 21.3 Å². The van der Waals surface area contributed by atoms with Crippen LogP contribution in [-0.4, -0.2) is 37.7 Å². The molecule has 2 heterocycles. The van der Waals surface area contributed by atoms with Gasteiger partial charge in [-0.1, -0.05) is 25.5 Å². The molecule has 0 unspecified atom stereocenters. The zero-order valence-electron chi connectivity index (χ0n) is 25.9. The monoisotopic (exact) mass is 607 g/mol. The van der Waals surface area contributed by atoms with E-state index in [2.05, 4.69) is 5.32 Å².